The highest BCUT2D eigenvalue weighted by Gasteiger charge is 1.85. The van der Waals surface area contributed by atoms with Gasteiger partial charge in [-0.25, -0.2) is 0 Å². The maximum Gasteiger partial charge on any atom is 0.0507 e. The Morgan fingerprint density at radius 3 is 2.50 bits per heavy atom. The first-order valence-electron chi connectivity index (χ1n) is 1.97. The van der Waals surface area contributed by atoms with Gasteiger partial charge in [0.2, 0.25) is 0 Å². The van der Waals surface area contributed by atoms with Crippen molar-refractivity contribution in [3.05, 3.63) is 6.92 Å². The molecule has 0 rings (SSSR count). The van der Waals surface area contributed by atoms with Crippen LogP contribution in [0.3, 0.4) is 0 Å². The van der Waals surface area contributed by atoms with Crippen LogP contribution in [0.25, 0.3) is 0 Å². The fraction of sp³-hybridized carbons (Fsp3) is 0.750. The van der Waals surface area contributed by atoms with Crippen molar-refractivity contribution in [2.75, 3.05) is 5.75 Å². The number of thioether (sulfide) groups is 1. The SMILES string of the molecule is [CH2]C(N)SCC. The maximum absolute atomic E-state index is 5.25. The molecule has 37 valence electrons. The molecule has 0 saturated carbocycles. The van der Waals surface area contributed by atoms with Crippen LogP contribution in [0.4, 0.5) is 0 Å². The van der Waals surface area contributed by atoms with Crippen LogP contribution in [0.1, 0.15) is 6.92 Å². The third kappa shape index (κ3) is 4.31. The molecule has 0 aliphatic carbocycles. The molecule has 0 heterocycles. The molecule has 0 aromatic rings. The average Bonchev–Trinajstić information content (AvgIpc) is 1.35. The minimum absolute atomic E-state index is 0.0648. The van der Waals surface area contributed by atoms with E-state index in [4.69, 9.17) is 5.73 Å². The van der Waals surface area contributed by atoms with Crippen molar-refractivity contribution in [2.24, 2.45) is 5.73 Å². The van der Waals surface area contributed by atoms with Crippen molar-refractivity contribution in [2.45, 2.75) is 12.3 Å². The molecule has 1 radical (unpaired) electrons. The van der Waals surface area contributed by atoms with Crippen LogP contribution in [-0.4, -0.2) is 11.1 Å². The molecule has 0 saturated heterocycles. The predicted molar refractivity (Wildman–Crippen MR) is 31.5 cm³/mol. The highest BCUT2D eigenvalue weighted by Crippen LogP contribution is 2.00. The lowest BCUT2D eigenvalue weighted by Gasteiger charge is -1.96. The van der Waals surface area contributed by atoms with Gasteiger partial charge in [-0.15, -0.1) is 11.8 Å². The molecular weight excluding hydrogens is 94.1 g/mol. The van der Waals surface area contributed by atoms with E-state index in [1.807, 2.05) is 0 Å². The van der Waals surface area contributed by atoms with Gasteiger partial charge in [0, 0.05) is 0 Å². The molecule has 1 unspecified atom stereocenters. The van der Waals surface area contributed by atoms with Gasteiger partial charge in [-0.3, -0.25) is 0 Å². The second kappa shape index (κ2) is 3.50. The first-order chi connectivity index (χ1) is 2.77. The smallest absolute Gasteiger partial charge is 0.0507 e. The molecule has 0 aliphatic rings. The average molecular weight is 104 g/mol. The zero-order valence-corrected chi connectivity index (χ0v) is 4.79. The summed E-state index contributed by atoms with van der Waals surface area (Å²) in [5.41, 5.74) is 5.25. The first kappa shape index (κ1) is 6.31. The van der Waals surface area contributed by atoms with Crippen LogP contribution in [0.2, 0.25) is 0 Å². The normalized spacial score (nSPS) is 14.5. The van der Waals surface area contributed by atoms with Gasteiger partial charge in [-0.1, -0.05) is 6.92 Å². The monoisotopic (exact) mass is 104 g/mol. The molecule has 2 N–H and O–H groups in total. The largest absolute Gasteiger partial charge is 0.319 e. The minimum atomic E-state index is 0.0648. The van der Waals surface area contributed by atoms with Gasteiger partial charge in [-0.05, 0) is 12.7 Å². The molecule has 0 aromatic carbocycles. The lowest BCUT2D eigenvalue weighted by Crippen LogP contribution is -2.09. The molecular formula is C4H10NS. The summed E-state index contributed by atoms with van der Waals surface area (Å²) in [6, 6.07) is 0. The Kier molecular flexibility index (Phi) is 3.68. The first-order valence-corrected chi connectivity index (χ1v) is 3.02. The van der Waals surface area contributed by atoms with Crippen LogP contribution in [0.5, 0.6) is 0 Å². The van der Waals surface area contributed by atoms with Crippen molar-refractivity contribution in [1.29, 1.82) is 0 Å². The quantitative estimate of drug-likeness (QED) is 0.526. The van der Waals surface area contributed by atoms with Gasteiger partial charge >= 0.3 is 0 Å². The lowest BCUT2D eigenvalue weighted by molar-refractivity contribution is 1.16. The van der Waals surface area contributed by atoms with E-state index in [9.17, 15) is 0 Å². The van der Waals surface area contributed by atoms with E-state index in [0.717, 1.165) is 5.75 Å². The van der Waals surface area contributed by atoms with Crippen molar-refractivity contribution >= 4 is 11.8 Å². The third-order valence-corrected chi connectivity index (χ3v) is 1.14. The number of nitrogens with two attached hydrogens (primary N) is 1. The molecule has 0 amide bonds. The van der Waals surface area contributed by atoms with Crippen LogP contribution in [-0.2, 0) is 0 Å². The second-order valence-corrected chi connectivity index (χ2v) is 2.51. The summed E-state index contributed by atoms with van der Waals surface area (Å²) in [4.78, 5) is 0. The molecule has 1 atom stereocenters. The predicted octanol–water partition coefficient (Wildman–Crippen LogP) is 0.858. The fourth-order valence-corrected chi connectivity index (χ4v) is 0.642. The van der Waals surface area contributed by atoms with Crippen molar-refractivity contribution in [3.63, 3.8) is 0 Å². The topological polar surface area (TPSA) is 26.0 Å². The highest BCUT2D eigenvalue weighted by atomic mass is 32.2. The van der Waals surface area contributed by atoms with E-state index < -0.39 is 0 Å². The number of hydrogen-bond acceptors (Lipinski definition) is 2. The lowest BCUT2D eigenvalue weighted by atomic mass is 10.8. The van der Waals surface area contributed by atoms with Gasteiger partial charge in [0.05, 0.1) is 5.37 Å². The van der Waals surface area contributed by atoms with Crippen molar-refractivity contribution < 1.29 is 0 Å². The van der Waals surface area contributed by atoms with Crippen LogP contribution < -0.4 is 5.73 Å². The standard InChI is InChI=1S/C4H10NS/c1-3-6-4(2)5/h4H,2-3,5H2,1H3. The fourth-order valence-electron chi connectivity index (χ4n) is 0.214. The summed E-state index contributed by atoms with van der Waals surface area (Å²) in [7, 11) is 0. The van der Waals surface area contributed by atoms with Gasteiger partial charge in [0.25, 0.3) is 0 Å². The molecule has 0 fully saturated rings. The number of hydrogen-bond donors (Lipinski definition) is 1. The van der Waals surface area contributed by atoms with Gasteiger partial charge in [0.1, 0.15) is 0 Å². The summed E-state index contributed by atoms with van der Waals surface area (Å²) in [5, 5.41) is 0.0648. The molecule has 0 spiro atoms. The summed E-state index contributed by atoms with van der Waals surface area (Å²) in [6.07, 6.45) is 0. The summed E-state index contributed by atoms with van der Waals surface area (Å²) in [6.45, 7) is 5.63. The van der Waals surface area contributed by atoms with Crippen LogP contribution in [0, 0.1) is 6.92 Å². The summed E-state index contributed by atoms with van der Waals surface area (Å²) < 4.78 is 0. The van der Waals surface area contributed by atoms with Gasteiger partial charge < -0.3 is 5.73 Å². The van der Waals surface area contributed by atoms with E-state index in [1.165, 1.54) is 0 Å². The van der Waals surface area contributed by atoms with Crippen molar-refractivity contribution in [3.8, 4) is 0 Å². The number of rotatable bonds is 2. The Morgan fingerprint density at radius 2 is 2.50 bits per heavy atom. The van der Waals surface area contributed by atoms with E-state index in [2.05, 4.69) is 13.8 Å². The highest BCUT2D eigenvalue weighted by molar-refractivity contribution is 7.99. The van der Waals surface area contributed by atoms with E-state index in [-0.39, 0.29) is 5.37 Å². The Balaban J connectivity index is 2.63. The van der Waals surface area contributed by atoms with Gasteiger partial charge in [0.15, 0.2) is 0 Å². The Hall–Kier alpha value is 0.310. The molecule has 0 bridgehead atoms. The van der Waals surface area contributed by atoms with Crippen LogP contribution in [0.15, 0.2) is 0 Å². The molecule has 0 aromatic heterocycles. The Labute approximate surface area is 43.3 Å². The van der Waals surface area contributed by atoms with Crippen molar-refractivity contribution in [1.82, 2.24) is 0 Å². The third-order valence-electron chi connectivity index (χ3n) is 0.381. The van der Waals surface area contributed by atoms with E-state index in [1.54, 1.807) is 11.8 Å². The Morgan fingerprint density at radius 1 is 2.00 bits per heavy atom. The minimum Gasteiger partial charge on any atom is -0.319 e. The van der Waals surface area contributed by atoms with Gasteiger partial charge in [-0.2, -0.15) is 0 Å². The maximum atomic E-state index is 5.25. The molecule has 1 nitrogen and oxygen atoms in total. The second-order valence-electron chi connectivity index (χ2n) is 0.994. The molecule has 2 heteroatoms. The van der Waals surface area contributed by atoms with E-state index >= 15 is 0 Å². The molecule has 6 heavy (non-hydrogen) atoms. The summed E-state index contributed by atoms with van der Waals surface area (Å²) >= 11 is 1.65. The Bertz CT molecular complexity index is 28.7. The molecule has 0 aliphatic heterocycles. The summed E-state index contributed by atoms with van der Waals surface area (Å²) in [5.74, 6) is 1.06. The van der Waals surface area contributed by atoms with Crippen LogP contribution >= 0.6 is 11.8 Å². The zero-order valence-electron chi connectivity index (χ0n) is 3.98. The van der Waals surface area contributed by atoms with E-state index in [0.29, 0.717) is 0 Å². The zero-order chi connectivity index (χ0) is 4.99.